The summed E-state index contributed by atoms with van der Waals surface area (Å²) in [6.07, 6.45) is 3.69. The molecule has 5 heteroatoms. The Morgan fingerprint density at radius 1 is 1.12 bits per heavy atom. The first-order chi connectivity index (χ1) is 11.5. The van der Waals surface area contributed by atoms with Crippen molar-refractivity contribution in [2.45, 2.75) is 27.2 Å². The first kappa shape index (κ1) is 16.3. The monoisotopic (exact) mass is 337 g/mol. The van der Waals surface area contributed by atoms with Crippen molar-refractivity contribution in [1.82, 2.24) is 9.97 Å². The molecule has 4 nitrogen and oxygen atoms in total. The smallest absolute Gasteiger partial charge is 0.230 e. The first-order valence-corrected chi connectivity index (χ1v) is 8.63. The van der Waals surface area contributed by atoms with Crippen LogP contribution in [0.3, 0.4) is 0 Å². The minimum absolute atomic E-state index is 0.0700. The minimum Gasteiger partial charge on any atom is -0.302 e. The zero-order chi connectivity index (χ0) is 17.1. The molecule has 1 amide bonds. The highest BCUT2D eigenvalue weighted by Gasteiger charge is 2.12. The van der Waals surface area contributed by atoms with Crippen LogP contribution in [0.4, 0.5) is 5.13 Å². The van der Waals surface area contributed by atoms with Gasteiger partial charge in [-0.2, -0.15) is 0 Å². The molecule has 0 saturated heterocycles. The van der Waals surface area contributed by atoms with Gasteiger partial charge in [-0.3, -0.25) is 9.78 Å². The normalized spacial score (nSPS) is 10.6. The van der Waals surface area contributed by atoms with E-state index in [0.717, 1.165) is 16.8 Å². The van der Waals surface area contributed by atoms with Crippen LogP contribution in [0, 0.1) is 20.8 Å². The van der Waals surface area contributed by atoms with Crippen molar-refractivity contribution in [2.75, 3.05) is 5.32 Å². The van der Waals surface area contributed by atoms with Gasteiger partial charge in [-0.05, 0) is 49.6 Å². The fourth-order valence-electron chi connectivity index (χ4n) is 2.88. The van der Waals surface area contributed by atoms with Crippen molar-refractivity contribution >= 4 is 22.4 Å². The van der Waals surface area contributed by atoms with Crippen molar-refractivity contribution < 1.29 is 4.79 Å². The van der Waals surface area contributed by atoms with Gasteiger partial charge in [-0.15, -0.1) is 11.3 Å². The third-order valence-electron chi connectivity index (χ3n) is 3.80. The molecule has 0 saturated carbocycles. The number of rotatable bonds is 4. The summed E-state index contributed by atoms with van der Waals surface area (Å²) in [6, 6.07) is 7.99. The van der Waals surface area contributed by atoms with Crippen LogP contribution in [0.15, 0.2) is 42.0 Å². The van der Waals surface area contributed by atoms with Crippen molar-refractivity contribution in [1.29, 1.82) is 0 Å². The Morgan fingerprint density at radius 2 is 1.79 bits per heavy atom. The van der Waals surface area contributed by atoms with E-state index >= 15 is 0 Å². The molecule has 0 bridgehead atoms. The molecule has 0 aliphatic carbocycles. The molecule has 0 unspecified atom stereocenters. The van der Waals surface area contributed by atoms with E-state index in [1.54, 1.807) is 12.4 Å². The second kappa shape index (κ2) is 6.93. The number of thiazole rings is 1. The fraction of sp³-hybridized carbons (Fsp3) is 0.211. The number of carbonyl (C=O) groups excluding carboxylic acids is 1. The summed E-state index contributed by atoms with van der Waals surface area (Å²) < 4.78 is 0. The van der Waals surface area contributed by atoms with Crippen molar-refractivity contribution in [3.05, 3.63) is 64.3 Å². The van der Waals surface area contributed by atoms with E-state index in [9.17, 15) is 4.79 Å². The summed E-state index contributed by atoms with van der Waals surface area (Å²) in [6.45, 7) is 6.28. The second-order valence-electron chi connectivity index (χ2n) is 5.89. The van der Waals surface area contributed by atoms with Gasteiger partial charge in [-0.25, -0.2) is 4.98 Å². The van der Waals surface area contributed by atoms with E-state index in [4.69, 9.17) is 0 Å². The molecule has 0 atom stereocenters. The summed E-state index contributed by atoms with van der Waals surface area (Å²) >= 11 is 1.45. The summed E-state index contributed by atoms with van der Waals surface area (Å²) in [7, 11) is 0. The molecular formula is C19H19N3OS. The topological polar surface area (TPSA) is 54.9 Å². The van der Waals surface area contributed by atoms with E-state index in [0.29, 0.717) is 11.6 Å². The van der Waals surface area contributed by atoms with Gasteiger partial charge in [0.1, 0.15) is 0 Å². The predicted molar refractivity (Wildman–Crippen MR) is 98.3 cm³/mol. The van der Waals surface area contributed by atoms with E-state index in [-0.39, 0.29) is 5.91 Å². The van der Waals surface area contributed by atoms with Crippen LogP contribution in [-0.4, -0.2) is 15.9 Å². The van der Waals surface area contributed by atoms with E-state index in [1.807, 2.05) is 17.5 Å². The molecule has 1 N–H and O–H groups in total. The summed E-state index contributed by atoms with van der Waals surface area (Å²) in [5.74, 6) is -0.0700. The minimum atomic E-state index is -0.0700. The largest absolute Gasteiger partial charge is 0.302 e. The molecule has 0 aliphatic heterocycles. The van der Waals surface area contributed by atoms with Crippen molar-refractivity contribution in [3.63, 3.8) is 0 Å². The zero-order valence-electron chi connectivity index (χ0n) is 14.0. The van der Waals surface area contributed by atoms with Crippen LogP contribution in [0.5, 0.6) is 0 Å². The molecule has 122 valence electrons. The molecule has 2 aromatic heterocycles. The first-order valence-electron chi connectivity index (χ1n) is 7.75. The fourth-order valence-corrected chi connectivity index (χ4v) is 3.60. The van der Waals surface area contributed by atoms with E-state index in [2.05, 4.69) is 48.2 Å². The molecule has 0 spiro atoms. The number of amides is 1. The van der Waals surface area contributed by atoms with Gasteiger partial charge in [0.2, 0.25) is 5.91 Å². The molecule has 3 rings (SSSR count). The number of hydrogen-bond donors (Lipinski definition) is 1. The Labute approximate surface area is 145 Å². The number of nitrogens with zero attached hydrogens (tertiary/aromatic N) is 2. The van der Waals surface area contributed by atoms with Gasteiger partial charge in [0, 0.05) is 23.3 Å². The van der Waals surface area contributed by atoms with Gasteiger partial charge in [-0.1, -0.05) is 17.7 Å². The number of benzene rings is 1. The molecule has 1 aromatic carbocycles. The number of hydrogen-bond acceptors (Lipinski definition) is 4. The third kappa shape index (κ3) is 3.68. The highest BCUT2D eigenvalue weighted by atomic mass is 32.1. The molecule has 2 heterocycles. The van der Waals surface area contributed by atoms with Crippen LogP contribution in [-0.2, 0) is 11.2 Å². The summed E-state index contributed by atoms with van der Waals surface area (Å²) in [5, 5.41) is 5.50. The Morgan fingerprint density at radius 3 is 2.46 bits per heavy atom. The van der Waals surface area contributed by atoms with Gasteiger partial charge >= 0.3 is 0 Å². The van der Waals surface area contributed by atoms with Crippen LogP contribution in [0.25, 0.3) is 11.3 Å². The van der Waals surface area contributed by atoms with Crippen LogP contribution in [0.2, 0.25) is 0 Å². The SMILES string of the molecule is Cc1cc(C)c(-c2csc(NC(=O)Cc3ccncc3)n2)c(C)c1. The summed E-state index contributed by atoms with van der Waals surface area (Å²) in [4.78, 5) is 20.7. The Balaban J connectivity index is 1.76. The highest BCUT2D eigenvalue weighted by Crippen LogP contribution is 2.31. The standard InChI is InChI=1S/C19H19N3OS/c1-12-8-13(2)18(14(3)9-12)16-11-24-19(21-16)22-17(23)10-15-4-6-20-7-5-15/h4-9,11H,10H2,1-3H3,(H,21,22,23). The lowest BCUT2D eigenvalue weighted by Gasteiger charge is -2.08. The molecular weight excluding hydrogens is 318 g/mol. The predicted octanol–water partition coefficient (Wildman–Crippen LogP) is 4.31. The van der Waals surface area contributed by atoms with Gasteiger partial charge in [0.25, 0.3) is 0 Å². The third-order valence-corrected chi connectivity index (χ3v) is 4.56. The van der Waals surface area contributed by atoms with Gasteiger partial charge < -0.3 is 5.32 Å². The number of nitrogens with one attached hydrogen (secondary N) is 1. The average Bonchev–Trinajstić information content (AvgIpc) is 2.95. The Kier molecular flexibility index (Phi) is 4.71. The maximum absolute atomic E-state index is 12.1. The van der Waals surface area contributed by atoms with E-state index < -0.39 is 0 Å². The number of carbonyl (C=O) groups is 1. The maximum atomic E-state index is 12.1. The molecule has 24 heavy (non-hydrogen) atoms. The number of anilines is 1. The second-order valence-corrected chi connectivity index (χ2v) is 6.75. The number of aromatic nitrogens is 2. The Bertz CT molecular complexity index is 848. The molecule has 0 radical (unpaired) electrons. The lowest BCUT2D eigenvalue weighted by Crippen LogP contribution is -2.14. The van der Waals surface area contributed by atoms with Crippen molar-refractivity contribution in [3.8, 4) is 11.3 Å². The van der Waals surface area contributed by atoms with Gasteiger partial charge in [0.05, 0.1) is 12.1 Å². The maximum Gasteiger partial charge on any atom is 0.230 e. The van der Waals surface area contributed by atoms with Crippen LogP contribution >= 0.6 is 11.3 Å². The van der Waals surface area contributed by atoms with Gasteiger partial charge in [0.15, 0.2) is 5.13 Å². The quantitative estimate of drug-likeness (QED) is 0.772. The summed E-state index contributed by atoms with van der Waals surface area (Å²) in [5.41, 5.74) is 6.64. The average molecular weight is 337 g/mol. The molecule has 0 fully saturated rings. The Hall–Kier alpha value is -2.53. The van der Waals surface area contributed by atoms with Crippen LogP contribution in [0.1, 0.15) is 22.3 Å². The number of aryl methyl sites for hydroxylation is 3. The van der Waals surface area contributed by atoms with E-state index in [1.165, 1.54) is 28.0 Å². The molecule has 0 aliphatic rings. The van der Waals surface area contributed by atoms with Crippen molar-refractivity contribution in [2.24, 2.45) is 0 Å². The molecule has 3 aromatic rings. The number of pyridine rings is 1. The zero-order valence-corrected chi connectivity index (χ0v) is 14.8. The lowest BCUT2D eigenvalue weighted by atomic mass is 9.98. The highest BCUT2D eigenvalue weighted by molar-refractivity contribution is 7.14. The van der Waals surface area contributed by atoms with Crippen LogP contribution < -0.4 is 5.32 Å². The lowest BCUT2D eigenvalue weighted by molar-refractivity contribution is -0.115.